The summed E-state index contributed by atoms with van der Waals surface area (Å²) in [4.78, 5) is 120. The van der Waals surface area contributed by atoms with E-state index in [0.29, 0.717) is 78.2 Å². The molecule has 1 aromatic carbocycles. The van der Waals surface area contributed by atoms with E-state index in [4.69, 9.17) is 43.2 Å². The molecule has 0 atom stereocenters. The summed E-state index contributed by atoms with van der Waals surface area (Å²) in [5, 5.41) is 17.9. The van der Waals surface area contributed by atoms with Gasteiger partial charge in [-0.2, -0.15) is 0 Å². The molecule has 0 fully saturated rings. The Balaban J connectivity index is 0.0000144. The standard InChI is InChI=1S/C63H114N12O12Si3.3BrH/c1-55-58(49-73-43-40-70(52-73)37-28-34-67-61(76)64-31-22-16-10-4-7-13-19-25-46-88(79,80)81)56(2)60(51-75-45-42-72(54-75)39-30-36-69-63(78)66-33-24-18-12-6-9-15-21-27-48-90(85,86)87)57(3)59(55)50-74-44-41-71(53-74)38-29-35-68-62(77)65-32-23-17-11-5-8-14-20-26-47-89(82,83)84;;;/h40-45,52-54,79-87H,4-39,46-51H2,1-3H3,(H3-3,64,65,66,67,68,69,76,77,78);3*1H. The van der Waals surface area contributed by atoms with Crippen LogP contribution >= 0.6 is 0 Å². The van der Waals surface area contributed by atoms with Crippen LogP contribution in [0.5, 0.6) is 0 Å². The van der Waals surface area contributed by atoms with Gasteiger partial charge in [0.2, 0.25) is 19.0 Å². The number of halogens is 3. The molecule has 0 bridgehead atoms. The van der Waals surface area contributed by atoms with E-state index in [1.165, 1.54) is 33.4 Å². The number of nitrogens with zero attached hydrogens (tertiary/aromatic N) is 6. The predicted molar refractivity (Wildman–Crippen MR) is 352 cm³/mol. The Morgan fingerprint density at radius 2 is 0.516 bits per heavy atom. The van der Waals surface area contributed by atoms with Crippen LogP contribution in [0.4, 0.5) is 14.4 Å². The second kappa shape index (κ2) is 49.8. The van der Waals surface area contributed by atoms with Crippen LogP contribution in [-0.2, 0) is 39.3 Å². The number of imidazole rings is 3. The Morgan fingerprint density at radius 1 is 0.323 bits per heavy atom. The maximum atomic E-state index is 12.5. The molecule has 534 valence electrons. The van der Waals surface area contributed by atoms with E-state index < -0.39 is 26.4 Å². The number of unbranched alkanes of at least 4 members (excludes halogenated alkanes) is 21. The number of amides is 6. The lowest BCUT2D eigenvalue weighted by molar-refractivity contribution is -0.690. The quantitative estimate of drug-likeness (QED) is 0.0115. The Kier molecular flexibility index (Phi) is 46.8. The number of benzene rings is 1. The number of carbonyl (C=O) groups excluding carboxylic acids is 3. The molecule has 3 aromatic heterocycles. The fourth-order valence-electron chi connectivity index (χ4n) is 11.5. The fourth-order valence-corrected chi connectivity index (χ4v) is 13.6. The van der Waals surface area contributed by atoms with Gasteiger partial charge in [0.15, 0.2) is 0 Å². The van der Waals surface area contributed by atoms with Gasteiger partial charge in [-0.05, 0) is 76.0 Å². The fraction of sp³-hybridized carbons (Fsp3) is 0.714. The number of rotatable bonds is 51. The van der Waals surface area contributed by atoms with Crippen molar-refractivity contribution in [1.82, 2.24) is 45.6 Å². The molecule has 24 nitrogen and oxygen atoms in total. The van der Waals surface area contributed by atoms with E-state index in [0.717, 1.165) is 174 Å². The highest BCUT2D eigenvalue weighted by atomic mass is 79.9. The van der Waals surface area contributed by atoms with Crippen molar-refractivity contribution in [2.75, 3.05) is 39.3 Å². The Morgan fingerprint density at radius 3 is 0.731 bits per heavy atom. The molecule has 0 spiro atoms. The highest BCUT2D eigenvalue weighted by Crippen LogP contribution is 2.28. The molecule has 4 rings (SSSR count). The number of urea groups is 3. The maximum Gasteiger partial charge on any atom is 0.492 e. The zero-order valence-electron chi connectivity index (χ0n) is 56.0. The predicted octanol–water partition coefficient (Wildman–Crippen LogP) is -3.79. The van der Waals surface area contributed by atoms with Crippen molar-refractivity contribution in [3.05, 3.63) is 89.5 Å². The minimum Gasteiger partial charge on any atom is -1.00 e. The molecule has 0 radical (unpaired) electrons. The smallest absolute Gasteiger partial charge is 0.492 e. The van der Waals surface area contributed by atoms with Gasteiger partial charge >= 0.3 is 44.5 Å². The van der Waals surface area contributed by atoms with Gasteiger partial charge in [-0.3, -0.25) is 0 Å². The van der Waals surface area contributed by atoms with Gasteiger partial charge in [0.05, 0.1) is 19.6 Å². The molecule has 0 saturated heterocycles. The minimum atomic E-state index is -3.91. The average Bonchev–Trinajstić information content (AvgIpc) is 1.69. The van der Waals surface area contributed by atoms with Crippen molar-refractivity contribution in [2.24, 2.45) is 0 Å². The van der Waals surface area contributed by atoms with Crippen LogP contribution in [-0.4, -0.2) is 141 Å². The highest BCUT2D eigenvalue weighted by molar-refractivity contribution is 6.56. The zero-order valence-corrected chi connectivity index (χ0v) is 63.7. The Hall–Kier alpha value is -3.61. The molecule has 0 aliphatic carbocycles. The molecule has 15 N–H and O–H groups in total. The molecule has 0 unspecified atom stereocenters. The molecule has 3 heterocycles. The number of hydrogen-bond donors (Lipinski definition) is 15. The Bertz CT molecular complexity index is 2340. The summed E-state index contributed by atoms with van der Waals surface area (Å²) in [5.74, 6) is 0. The molecule has 0 saturated carbocycles. The summed E-state index contributed by atoms with van der Waals surface area (Å²) >= 11 is 0. The molecular formula is C63H117Br3N12O12Si3. The first-order chi connectivity index (χ1) is 43.0. The maximum absolute atomic E-state index is 12.5. The summed E-state index contributed by atoms with van der Waals surface area (Å²) in [6.45, 7) is 14.6. The number of aromatic nitrogens is 6. The van der Waals surface area contributed by atoms with Crippen molar-refractivity contribution in [2.45, 2.75) is 252 Å². The topological polar surface area (TPSA) is 332 Å². The van der Waals surface area contributed by atoms with E-state index in [1.54, 1.807) is 0 Å². The molecule has 4 aromatic rings. The third-order valence-electron chi connectivity index (χ3n) is 16.8. The van der Waals surface area contributed by atoms with Crippen LogP contribution in [0.2, 0.25) is 18.1 Å². The van der Waals surface area contributed by atoms with Crippen molar-refractivity contribution in [1.29, 1.82) is 0 Å². The van der Waals surface area contributed by atoms with Crippen molar-refractivity contribution >= 4 is 44.5 Å². The molecule has 6 amide bonds. The first-order valence-corrected chi connectivity index (χ1v) is 40.0. The first kappa shape index (κ1) is 87.4. The van der Waals surface area contributed by atoms with Crippen molar-refractivity contribution in [3.63, 3.8) is 0 Å². The van der Waals surface area contributed by atoms with Gasteiger partial charge in [0, 0.05) is 93.4 Å². The van der Waals surface area contributed by atoms with Crippen LogP contribution in [0.3, 0.4) is 0 Å². The van der Waals surface area contributed by atoms with Crippen LogP contribution in [0.25, 0.3) is 0 Å². The summed E-state index contributed by atoms with van der Waals surface area (Å²) in [6.07, 6.45) is 44.7. The van der Waals surface area contributed by atoms with E-state index in [1.807, 2.05) is 0 Å². The van der Waals surface area contributed by atoms with Gasteiger partial charge < -0.3 is 126 Å². The number of carbonyl (C=O) groups is 3. The summed E-state index contributed by atoms with van der Waals surface area (Å²) in [5.41, 5.74) is 7.61. The number of aryl methyl sites for hydroxylation is 3. The molecule has 0 aliphatic rings. The lowest BCUT2D eigenvalue weighted by Gasteiger charge is -2.20. The average molecular weight is 1560 g/mol. The number of hydrogen-bond acceptors (Lipinski definition) is 12. The van der Waals surface area contributed by atoms with Gasteiger partial charge in [0.25, 0.3) is 0 Å². The van der Waals surface area contributed by atoms with Crippen LogP contribution in [0.1, 0.15) is 207 Å². The highest BCUT2D eigenvalue weighted by Gasteiger charge is 2.27. The second-order valence-electron chi connectivity index (χ2n) is 24.9. The van der Waals surface area contributed by atoms with Gasteiger partial charge in [0.1, 0.15) is 56.8 Å². The summed E-state index contributed by atoms with van der Waals surface area (Å²) in [7, 11) is -11.7. The molecule has 0 aliphatic heterocycles. The van der Waals surface area contributed by atoms with Crippen LogP contribution in [0.15, 0.2) is 56.2 Å². The largest absolute Gasteiger partial charge is 1.00 e. The minimum absolute atomic E-state index is 0. The van der Waals surface area contributed by atoms with E-state index in [2.05, 4.69) is 136 Å². The summed E-state index contributed by atoms with van der Waals surface area (Å²) in [6, 6.07) is -0.125. The SMILES string of the molecule is Cc1c(C[n+]2ccn(CCCNC(=O)NCCCCCCCCCC[Si](O)(O)O)c2)c(C)c(C[n+]2ccn(CCCNC(=O)NCCCCCCCCCC[Si](O)(O)O)c2)c(C)c1C[n+]1ccn(CCCNC(=O)NCCCCCCCCCC[Si](O)(O)O)c1.[Br-].[Br-].[Br-]. The van der Waals surface area contributed by atoms with E-state index in [-0.39, 0.29) is 87.2 Å². The van der Waals surface area contributed by atoms with Crippen molar-refractivity contribution < 1.29 is 122 Å². The lowest BCUT2D eigenvalue weighted by Crippen LogP contribution is -3.00. The lowest BCUT2D eigenvalue weighted by atomic mass is 9.87. The molecular weight excluding hydrogens is 1440 g/mol. The Labute approximate surface area is 588 Å². The number of nitrogens with one attached hydrogen (secondary N) is 6. The molecule has 93 heavy (non-hydrogen) atoms. The monoisotopic (exact) mass is 1550 g/mol. The van der Waals surface area contributed by atoms with Gasteiger partial charge in [-0.25, -0.2) is 41.8 Å². The normalized spacial score (nSPS) is 11.6. The van der Waals surface area contributed by atoms with Crippen molar-refractivity contribution in [3.8, 4) is 0 Å². The third-order valence-corrected chi connectivity index (χ3v) is 19.9. The zero-order chi connectivity index (χ0) is 65.5. The van der Waals surface area contributed by atoms with Crippen LogP contribution in [0, 0.1) is 20.8 Å². The third kappa shape index (κ3) is 42.0. The molecule has 30 heteroatoms. The van der Waals surface area contributed by atoms with E-state index in [9.17, 15) is 14.4 Å². The van der Waals surface area contributed by atoms with E-state index >= 15 is 0 Å². The van der Waals surface area contributed by atoms with Crippen LogP contribution < -0.4 is 96.5 Å². The summed E-state index contributed by atoms with van der Waals surface area (Å²) < 4.78 is 13.2. The van der Waals surface area contributed by atoms with Gasteiger partial charge in [-0.15, -0.1) is 0 Å². The first-order valence-electron chi connectivity index (χ1n) is 33.9. The second-order valence-corrected chi connectivity index (χ2v) is 31.1. The van der Waals surface area contributed by atoms with Gasteiger partial charge in [-0.1, -0.05) is 116 Å².